The van der Waals surface area contributed by atoms with Crippen molar-refractivity contribution in [1.82, 2.24) is 15.1 Å². The summed E-state index contributed by atoms with van der Waals surface area (Å²) in [7, 11) is 1.73. The maximum atomic E-state index is 12.1. The van der Waals surface area contributed by atoms with Crippen molar-refractivity contribution in [3.8, 4) is 0 Å². The molecular formula is C17H24N4O. The van der Waals surface area contributed by atoms with Crippen LogP contribution < -0.4 is 5.32 Å². The third-order valence-electron chi connectivity index (χ3n) is 4.37. The van der Waals surface area contributed by atoms with Gasteiger partial charge >= 0.3 is 0 Å². The molecule has 0 aromatic rings. The van der Waals surface area contributed by atoms with E-state index < -0.39 is 0 Å². The number of carbonyl (C=O) groups is 1. The van der Waals surface area contributed by atoms with E-state index in [1.807, 2.05) is 24.3 Å². The Hall–Kier alpha value is -1.88. The smallest absolute Gasteiger partial charge is 0.257 e. The zero-order valence-corrected chi connectivity index (χ0v) is 13.2. The lowest BCUT2D eigenvalue weighted by atomic mass is 10.1. The van der Waals surface area contributed by atoms with Crippen LogP contribution in [0.4, 0.5) is 0 Å². The van der Waals surface area contributed by atoms with Gasteiger partial charge < -0.3 is 15.1 Å². The lowest BCUT2D eigenvalue weighted by Crippen LogP contribution is -2.35. The van der Waals surface area contributed by atoms with E-state index in [1.54, 1.807) is 13.4 Å². The van der Waals surface area contributed by atoms with Crippen LogP contribution >= 0.6 is 0 Å². The van der Waals surface area contributed by atoms with Crippen molar-refractivity contribution in [3.63, 3.8) is 0 Å². The summed E-state index contributed by atoms with van der Waals surface area (Å²) < 4.78 is 0. The van der Waals surface area contributed by atoms with E-state index in [0.29, 0.717) is 0 Å². The first-order chi connectivity index (χ1) is 10.7. The fraction of sp³-hybridized carbons (Fsp3) is 0.529. The van der Waals surface area contributed by atoms with Gasteiger partial charge in [0.25, 0.3) is 5.91 Å². The average molecular weight is 300 g/mol. The maximum absolute atomic E-state index is 12.1. The summed E-state index contributed by atoms with van der Waals surface area (Å²) in [5, 5.41) is 3.45. The molecule has 1 N–H and O–H groups in total. The van der Waals surface area contributed by atoms with Crippen LogP contribution in [-0.4, -0.2) is 61.3 Å². The number of nitrogens with zero attached hydrogens (tertiary/aromatic N) is 3. The molecule has 0 bridgehead atoms. The minimum absolute atomic E-state index is 0.0242. The van der Waals surface area contributed by atoms with E-state index in [2.05, 4.69) is 15.2 Å². The van der Waals surface area contributed by atoms with Crippen molar-refractivity contribution < 1.29 is 4.79 Å². The number of aliphatic imine (C=N–C) groups is 1. The van der Waals surface area contributed by atoms with E-state index >= 15 is 0 Å². The molecule has 0 aromatic heterocycles. The highest BCUT2D eigenvalue weighted by atomic mass is 16.2. The van der Waals surface area contributed by atoms with Gasteiger partial charge in [-0.25, -0.2) is 0 Å². The number of hydrogen-bond acceptors (Lipinski definition) is 4. The molecule has 2 heterocycles. The second-order valence-corrected chi connectivity index (χ2v) is 6.06. The Kier molecular flexibility index (Phi) is 4.73. The Morgan fingerprint density at radius 3 is 2.95 bits per heavy atom. The molecule has 0 aromatic carbocycles. The number of amides is 1. The Labute approximate surface area is 132 Å². The topological polar surface area (TPSA) is 47.9 Å². The van der Waals surface area contributed by atoms with Crippen LogP contribution in [0.5, 0.6) is 0 Å². The van der Waals surface area contributed by atoms with Crippen LogP contribution in [0.3, 0.4) is 0 Å². The van der Waals surface area contributed by atoms with Crippen LogP contribution in [-0.2, 0) is 4.79 Å². The quantitative estimate of drug-likeness (QED) is 0.779. The summed E-state index contributed by atoms with van der Waals surface area (Å²) in [6.45, 7) is 4.63. The molecular weight excluding hydrogens is 276 g/mol. The summed E-state index contributed by atoms with van der Waals surface area (Å²) in [4.78, 5) is 20.5. The van der Waals surface area contributed by atoms with Gasteiger partial charge in [-0.05, 0) is 57.1 Å². The lowest BCUT2D eigenvalue weighted by molar-refractivity contribution is -0.122. The van der Waals surface area contributed by atoms with E-state index in [1.165, 1.54) is 37.4 Å². The Morgan fingerprint density at radius 1 is 1.32 bits per heavy atom. The largest absolute Gasteiger partial charge is 0.385 e. The number of rotatable bonds is 5. The third kappa shape index (κ3) is 3.47. The fourth-order valence-corrected chi connectivity index (χ4v) is 3.05. The highest BCUT2D eigenvalue weighted by Gasteiger charge is 2.25. The Balaban J connectivity index is 1.52. The SMILES string of the molecule is CN1C=NC2C=CC(NCCCN3CCCC3)=CC=C2C1=O. The molecule has 5 heteroatoms. The van der Waals surface area contributed by atoms with Crippen LogP contribution in [0.1, 0.15) is 19.3 Å². The highest BCUT2D eigenvalue weighted by Crippen LogP contribution is 2.19. The lowest BCUT2D eigenvalue weighted by Gasteiger charge is -2.22. The van der Waals surface area contributed by atoms with Crippen LogP contribution in [0.2, 0.25) is 0 Å². The van der Waals surface area contributed by atoms with Gasteiger partial charge in [-0.2, -0.15) is 0 Å². The van der Waals surface area contributed by atoms with Crippen molar-refractivity contribution >= 4 is 12.2 Å². The van der Waals surface area contributed by atoms with Gasteiger partial charge in [0.15, 0.2) is 0 Å². The Morgan fingerprint density at radius 2 is 2.14 bits per heavy atom. The minimum atomic E-state index is -0.149. The van der Waals surface area contributed by atoms with E-state index in [4.69, 9.17) is 0 Å². The number of fused-ring (bicyclic) bond motifs is 1. The van der Waals surface area contributed by atoms with Gasteiger partial charge in [-0.1, -0.05) is 6.08 Å². The van der Waals surface area contributed by atoms with Crippen molar-refractivity contribution in [2.45, 2.75) is 25.3 Å². The number of allylic oxidation sites excluding steroid dienone is 3. The van der Waals surface area contributed by atoms with Gasteiger partial charge in [0.05, 0.1) is 6.34 Å². The second kappa shape index (κ2) is 6.92. The monoisotopic (exact) mass is 300 g/mol. The zero-order valence-electron chi connectivity index (χ0n) is 13.2. The van der Waals surface area contributed by atoms with Crippen LogP contribution in [0, 0.1) is 0 Å². The second-order valence-electron chi connectivity index (χ2n) is 6.06. The maximum Gasteiger partial charge on any atom is 0.257 e. The summed E-state index contributed by atoms with van der Waals surface area (Å²) in [5.74, 6) is 0.0242. The normalized spacial score (nSPS) is 24.9. The number of hydrogen-bond donors (Lipinski definition) is 1. The molecule has 1 saturated heterocycles. The number of likely N-dealkylation sites (N-methyl/N-ethyl adjacent to an activating group) is 1. The molecule has 1 amide bonds. The molecule has 5 nitrogen and oxygen atoms in total. The number of nitrogens with one attached hydrogen (secondary N) is 1. The number of likely N-dealkylation sites (tertiary alicyclic amines) is 1. The molecule has 0 radical (unpaired) electrons. The van der Waals surface area contributed by atoms with Gasteiger partial charge in [0, 0.05) is 24.9 Å². The molecule has 0 spiro atoms. The predicted molar refractivity (Wildman–Crippen MR) is 88.6 cm³/mol. The van der Waals surface area contributed by atoms with Crippen LogP contribution in [0.25, 0.3) is 0 Å². The minimum Gasteiger partial charge on any atom is -0.385 e. The summed E-state index contributed by atoms with van der Waals surface area (Å²) in [6.07, 6.45) is 13.3. The zero-order chi connectivity index (χ0) is 15.4. The molecule has 1 fully saturated rings. The summed E-state index contributed by atoms with van der Waals surface area (Å²) in [5.41, 5.74) is 1.78. The highest BCUT2D eigenvalue weighted by molar-refractivity contribution is 6.03. The summed E-state index contributed by atoms with van der Waals surface area (Å²) in [6, 6.07) is -0.149. The predicted octanol–water partition coefficient (Wildman–Crippen LogP) is 1.31. The molecule has 22 heavy (non-hydrogen) atoms. The van der Waals surface area contributed by atoms with E-state index in [0.717, 1.165) is 24.2 Å². The van der Waals surface area contributed by atoms with Gasteiger partial charge in [0.1, 0.15) is 6.04 Å². The molecule has 1 aliphatic carbocycles. The first-order valence-electron chi connectivity index (χ1n) is 8.11. The van der Waals surface area contributed by atoms with Gasteiger partial charge in [0.2, 0.25) is 0 Å². The van der Waals surface area contributed by atoms with E-state index in [-0.39, 0.29) is 11.9 Å². The fourth-order valence-electron chi connectivity index (χ4n) is 3.05. The molecule has 1 atom stereocenters. The standard InChI is InChI=1S/C17H24N4O/c1-20-13-19-16-8-6-14(5-7-15(16)17(20)22)18-9-4-12-21-10-2-3-11-21/h5-8,13,16,18H,2-4,9-12H2,1H3. The van der Waals surface area contributed by atoms with Crippen molar-refractivity contribution in [2.24, 2.45) is 4.99 Å². The van der Waals surface area contributed by atoms with Crippen LogP contribution in [0.15, 0.2) is 40.6 Å². The molecule has 1 unspecified atom stereocenters. The Bertz CT molecular complexity index is 541. The first kappa shape index (κ1) is 15.0. The van der Waals surface area contributed by atoms with Gasteiger partial charge in [-0.15, -0.1) is 0 Å². The van der Waals surface area contributed by atoms with Gasteiger partial charge in [-0.3, -0.25) is 9.79 Å². The molecule has 118 valence electrons. The molecule has 0 saturated carbocycles. The van der Waals surface area contributed by atoms with Crippen molar-refractivity contribution in [1.29, 1.82) is 0 Å². The average Bonchev–Trinajstić information content (AvgIpc) is 2.95. The summed E-state index contributed by atoms with van der Waals surface area (Å²) >= 11 is 0. The molecule has 3 aliphatic rings. The first-order valence-corrected chi connectivity index (χ1v) is 8.11. The van der Waals surface area contributed by atoms with E-state index in [9.17, 15) is 4.79 Å². The number of carbonyl (C=O) groups excluding carboxylic acids is 1. The third-order valence-corrected chi connectivity index (χ3v) is 4.37. The molecule has 3 rings (SSSR count). The molecule has 2 aliphatic heterocycles. The van der Waals surface area contributed by atoms with Crippen molar-refractivity contribution in [3.05, 3.63) is 35.6 Å². The van der Waals surface area contributed by atoms with Crippen molar-refractivity contribution in [2.75, 3.05) is 33.2 Å².